The Labute approximate surface area is 121 Å². The van der Waals surface area contributed by atoms with Gasteiger partial charge in [0.05, 0.1) is 0 Å². The lowest BCUT2D eigenvalue weighted by atomic mass is 9.67. The Balaban J connectivity index is 2.83. The van der Waals surface area contributed by atoms with Gasteiger partial charge in [0.1, 0.15) is 0 Å². The minimum atomic E-state index is 0.872. The Morgan fingerprint density at radius 3 is 2.37 bits per heavy atom. The molecule has 0 aliphatic heterocycles. The molecule has 1 aliphatic carbocycles. The molecule has 0 bridgehead atoms. The Kier molecular flexibility index (Phi) is 7.42. The largest absolute Gasteiger partial charge is 0.320 e. The zero-order chi connectivity index (χ0) is 14.4. The van der Waals surface area contributed by atoms with Crippen molar-refractivity contribution in [2.45, 2.75) is 66.7 Å². The van der Waals surface area contributed by atoms with Gasteiger partial charge in [0.25, 0.3) is 0 Å². The topological polar surface area (TPSA) is 12.0 Å². The summed E-state index contributed by atoms with van der Waals surface area (Å²) in [7, 11) is 2.09. The highest BCUT2D eigenvalue weighted by molar-refractivity contribution is 4.85. The average Bonchev–Trinajstić information content (AvgIpc) is 2.50. The molecular formula is C18H37N. The van der Waals surface area contributed by atoms with E-state index in [0.717, 1.165) is 35.5 Å². The summed E-state index contributed by atoms with van der Waals surface area (Å²) in [6, 6.07) is 0. The van der Waals surface area contributed by atoms with Crippen LogP contribution in [-0.2, 0) is 0 Å². The fourth-order valence-electron chi connectivity index (χ4n) is 4.52. The highest BCUT2D eigenvalue weighted by Gasteiger charge is 2.36. The molecule has 1 nitrogen and oxygen atoms in total. The molecule has 0 heterocycles. The van der Waals surface area contributed by atoms with E-state index in [1.807, 2.05) is 0 Å². The maximum atomic E-state index is 3.37. The van der Waals surface area contributed by atoms with Crippen LogP contribution in [0.5, 0.6) is 0 Å². The van der Waals surface area contributed by atoms with Crippen molar-refractivity contribution in [2.24, 2.45) is 35.5 Å². The van der Waals surface area contributed by atoms with Gasteiger partial charge in [0, 0.05) is 0 Å². The van der Waals surface area contributed by atoms with Crippen LogP contribution in [-0.4, -0.2) is 13.6 Å². The first kappa shape index (κ1) is 17.0. The van der Waals surface area contributed by atoms with Crippen LogP contribution in [0.1, 0.15) is 66.7 Å². The van der Waals surface area contributed by atoms with Crippen molar-refractivity contribution < 1.29 is 0 Å². The standard InChI is InChI=1S/C18H37N/c1-7-14(3)17(10-11-19-6)18-15(4)9-8-13(2)12-16(18)5/h13-19H,7-12H2,1-6H3. The maximum absolute atomic E-state index is 3.37. The van der Waals surface area contributed by atoms with Gasteiger partial charge < -0.3 is 5.32 Å². The molecule has 0 aromatic heterocycles. The summed E-state index contributed by atoms with van der Waals surface area (Å²) in [5.41, 5.74) is 0. The Morgan fingerprint density at radius 2 is 1.79 bits per heavy atom. The predicted octanol–water partition coefficient (Wildman–Crippen LogP) is 4.97. The molecular weight excluding hydrogens is 230 g/mol. The van der Waals surface area contributed by atoms with Crippen LogP contribution in [0.2, 0.25) is 0 Å². The number of hydrogen-bond acceptors (Lipinski definition) is 1. The molecule has 19 heavy (non-hydrogen) atoms. The molecule has 1 N–H and O–H groups in total. The fourth-order valence-corrected chi connectivity index (χ4v) is 4.52. The summed E-state index contributed by atoms with van der Waals surface area (Å²) < 4.78 is 0. The molecule has 1 aliphatic rings. The van der Waals surface area contributed by atoms with E-state index in [2.05, 4.69) is 47.0 Å². The van der Waals surface area contributed by atoms with E-state index in [-0.39, 0.29) is 0 Å². The quantitative estimate of drug-likeness (QED) is 0.670. The first-order valence-electron chi connectivity index (χ1n) is 8.65. The highest BCUT2D eigenvalue weighted by atomic mass is 14.8. The molecule has 0 saturated heterocycles. The van der Waals surface area contributed by atoms with Gasteiger partial charge in [-0.15, -0.1) is 0 Å². The summed E-state index contributed by atoms with van der Waals surface area (Å²) in [6.45, 7) is 13.5. The zero-order valence-electron chi connectivity index (χ0n) is 14.2. The fraction of sp³-hybridized carbons (Fsp3) is 1.00. The molecule has 6 unspecified atom stereocenters. The molecule has 6 atom stereocenters. The van der Waals surface area contributed by atoms with Crippen LogP contribution in [0.4, 0.5) is 0 Å². The van der Waals surface area contributed by atoms with Gasteiger partial charge in [-0.1, -0.05) is 53.9 Å². The third-order valence-electron chi connectivity index (χ3n) is 5.80. The van der Waals surface area contributed by atoms with Crippen molar-refractivity contribution in [1.82, 2.24) is 5.32 Å². The molecule has 1 saturated carbocycles. The van der Waals surface area contributed by atoms with Crippen LogP contribution < -0.4 is 5.32 Å². The van der Waals surface area contributed by atoms with Crippen molar-refractivity contribution in [3.63, 3.8) is 0 Å². The van der Waals surface area contributed by atoms with Crippen molar-refractivity contribution in [3.8, 4) is 0 Å². The Bertz CT molecular complexity index is 238. The van der Waals surface area contributed by atoms with Crippen molar-refractivity contribution >= 4 is 0 Å². The van der Waals surface area contributed by atoms with Gasteiger partial charge in [0.2, 0.25) is 0 Å². The van der Waals surface area contributed by atoms with Crippen molar-refractivity contribution in [3.05, 3.63) is 0 Å². The summed E-state index contributed by atoms with van der Waals surface area (Å²) in [5, 5.41) is 3.37. The van der Waals surface area contributed by atoms with Crippen LogP contribution in [0, 0.1) is 35.5 Å². The molecule has 1 heteroatoms. The van der Waals surface area contributed by atoms with Crippen LogP contribution in [0.3, 0.4) is 0 Å². The van der Waals surface area contributed by atoms with Gasteiger partial charge in [-0.05, 0) is 61.9 Å². The zero-order valence-corrected chi connectivity index (χ0v) is 14.2. The minimum absolute atomic E-state index is 0.872. The van der Waals surface area contributed by atoms with E-state index in [9.17, 15) is 0 Å². The molecule has 0 aromatic rings. The summed E-state index contributed by atoms with van der Waals surface area (Å²) in [5.74, 6) is 5.47. The average molecular weight is 268 g/mol. The highest BCUT2D eigenvalue weighted by Crippen LogP contribution is 2.43. The van der Waals surface area contributed by atoms with Gasteiger partial charge in [-0.2, -0.15) is 0 Å². The SMILES string of the molecule is CCC(C)C(CCNC)C1C(C)CCC(C)CC1C. The van der Waals surface area contributed by atoms with E-state index in [1.165, 1.54) is 38.6 Å². The number of nitrogens with one attached hydrogen (secondary N) is 1. The van der Waals surface area contributed by atoms with Crippen molar-refractivity contribution in [1.29, 1.82) is 0 Å². The number of rotatable bonds is 6. The smallest absolute Gasteiger partial charge is 0.00491 e. The summed E-state index contributed by atoms with van der Waals surface area (Å²) in [6.07, 6.45) is 7.03. The second-order valence-electron chi connectivity index (χ2n) is 7.39. The first-order valence-corrected chi connectivity index (χ1v) is 8.65. The third-order valence-corrected chi connectivity index (χ3v) is 5.80. The second kappa shape index (κ2) is 8.29. The monoisotopic (exact) mass is 267 g/mol. The molecule has 114 valence electrons. The lowest BCUT2D eigenvalue weighted by Crippen LogP contribution is -2.33. The van der Waals surface area contributed by atoms with E-state index in [1.54, 1.807) is 0 Å². The minimum Gasteiger partial charge on any atom is -0.320 e. The second-order valence-corrected chi connectivity index (χ2v) is 7.39. The molecule has 0 spiro atoms. The number of hydrogen-bond donors (Lipinski definition) is 1. The van der Waals surface area contributed by atoms with Crippen LogP contribution in [0.15, 0.2) is 0 Å². The lowest BCUT2D eigenvalue weighted by molar-refractivity contribution is 0.110. The van der Waals surface area contributed by atoms with Gasteiger partial charge in [-0.25, -0.2) is 0 Å². The Morgan fingerprint density at radius 1 is 1.11 bits per heavy atom. The first-order chi connectivity index (χ1) is 9.01. The molecule has 1 fully saturated rings. The van der Waals surface area contributed by atoms with Gasteiger partial charge in [0.15, 0.2) is 0 Å². The van der Waals surface area contributed by atoms with E-state index in [0.29, 0.717) is 0 Å². The van der Waals surface area contributed by atoms with Gasteiger partial charge >= 0.3 is 0 Å². The summed E-state index contributed by atoms with van der Waals surface area (Å²) in [4.78, 5) is 0. The summed E-state index contributed by atoms with van der Waals surface area (Å²) >= 11 is 0. The predicted molar refractivity (Wildman–Crippen MR) is 86.3 cm³/mol. The normalized spacial score (nSPS) is 35.7. The van der Waals surface area contributed by atoms with Gasteiger partial charge in [-0.3, -0.25) is 0 Å². The van der Waals surface area contributed by atoms with E-state index in [4.69, 9.17) is 0 Å². The maximum Gasteiger partial charge on any atom is -0.00491 e. The van der Waals surface area contributed by atoms with Crippen LogP contribution >= 0.6 is 0 Å². The third kappa shape index (κ3) is 4.77. The molecule has 1 rings (SSSR count). The lowest BCUT2D eigenvalue weighted by Gasteiger charge is -2.38. The van der Waals surface area contributed by atoms with E-state index >= 15 is 0 Å². The molecule has 0 aromatic carbocycles. The Hall–Kier alpha value is -0.0400. The van der Waals surface area contributed by atoms with E-state index < -0.39 is 0 Å². The molecule has 0 amide bonds. The van der Waals surface area contributed by atoms with Crippen molar-refractivity contribution in [2.75, 3.05) is 13.6 Å². The van der Waals surface area contributed by atoms with Crippen LogP contribution in [0.25, 0.3) is 0 Å². The molecule has 0 radical (unpaired) electrons.